The van der Waals surface area contributed by atoms with Gasteiger partial charge in [0.1, 0.15) is 11.7 Å². The van der Waals surface area contributed by atoms with E-state index in [0.29, 0.717) is 81.2 Å². The Morgan fingerprint density at radius 2 is 1.61 bits per heavy atom. The summed E-state index contributed by atoms with van der Waals surface area (Å²) in [7, 11) is -2.22. The molecule has 1 saturated heterocycles. The van der Waals surface area contributed by atoms with Crippen molar-refractivity contribution in [2.75, 3.05) is 64.7 Å². The third-order valence-corrected chi connectivity index (χ3v) is 13.5. The summed E-state index contributed by atoms with van der Waals surface area (Å²) in [4.78, 5) is 59.0. The van der Waals surface area contributed by atoms with Crippen LogP contribution in [0.25, 0.3) is 22.1 Å². The van der Waals surface area contributed by atoms with Crippen molar-refractivity contribution in [2.24, 2.45) is 7.05 Å². The number of imide groups is 1. The van der Waals surface area contributed by atoms with Crippen LogP contribution < -0.4 is 26.6 Å². The van der Waals surface area contributed by atoms with Crippen LogP contribution in [0, 0.1) is 6.92 Å². The molecule has 3 atom stereocenters. The average molecular weight is 955 g/mol. The number of hydrogen-bond donors (Lipinski definition) is 4. The maximum atomic E-state index is 13.8. The number of nitrogens with one attached hydrogen (secondary N) is 3. The highest BCUT2D eigenvalue weighted by Crippen LogP contribution is 2.40. The van der Waals surface area contributed by atoms with E-state index < -0.39 is 51.2 Å². The van der Waals surface area contributed by atoms with Crippen LogP contribution in [-0.2, 0) is 52.0 Å². The van der Waals surface area contributed by atoms with Crippen molar-refractivity contribution in [3.8, 4) is 0 Å². The number of anilines is 2. The van der Waals surface area contributed by atoms with E-state index in [1.165, 1.54) is 27.5 Å². The number of benzene rings is 2. The molecule has 4 N–H and O–H groups in total. The van der Waals surface area contributed by atoms with Gasteiger partial charge in [-0.15, -0.1) is 0 Å². The Labute approximate surface area is 384 Å². The molecule has 67 heavy (non-hydrogen) atoms. The second kappa shape index (κ2) is 21.6. The summed E-state index contributed by atoms with van der Waals surface area (Å²) in [5.41, 5.74) is 0.290. The fraction of sp³-hybridized carbons (Fsp3) is 0.511. The molecule has 1 saturated carbocycles. The van der Waals surface area contributed by atoms with E-state index in [4.69, 9.17) is 18.9 Å². The number of fused-ring (bicyclic) bond motifs is 2. The molecule has 2 fully saturated rings. The number of piperidine rings is 1. The summed E-state index contributed by atoms with van der Waals surface area (Å²) >= 11 is 0. The summed E-state index contributed by atoms with van der Waals surface area (Å²) in [6.45, 7) is 5.97. The fourth-order valence-electron chi connectivity index (χ4n) is 8.52. The molecule has 19 nitrogen and oxygen atoms in total. The monoisotopic (exact) mass is 954 g/mol. The molecule has 4 heterocycles. The summed E-state index contributed by atoms with van der Waals surface area (Å²) < 4.78 is 82.7. The second-order valence-corrected chi connectivity index (χ2v) is 18.6. The van der Waals surface area contributed by atoms with E-state index >= 15 is 0 Å². The minimum Gasteiger partial charge on any atom is -0.388 e. The zero-order valence-electron chi connectivity index (χ0n) is 37.6. The highest BCUT2D eigenvalue weighted by Gasteiger charge is 2.40. The summed E-state index contributed by atoms with van der Waals surface area (Å²) in [5, 5.41) is 16.6. The van der Waals surface area contributed by atoms with Gasteiger partial charge < -0.3 is 29.4 Å². The predicted molar refractivity (Wildman–Crippen MR) is 242 cm³/mol. The number of aliphatic hydroxyl groups is 1. The number of imidazole rings is 1. The van der Waals surface area contributed by atoms with E-state index in [-0.39, 0.29) is 66.1 Å². The van der Waals surface area contributed by atoms with Gasteiger partial charge in [0.25, 0.3) is 12.0 Å². The molecule has 0 spiro atoms. The van der Waals surface area contributed by atoms with Gasteiger partial charge in [-0.25, -0.2) is 31.7 Å². The number of alkyl halides is 2. The van der Waals surface area contributed by atoms with Crippen molar-refractivity contribution < 1.29 is 50.8 Å². The van der Waals surface area contributed by atoms with Crippen LogP contribution in [0.1, 0.15) is 80.6 Å². The molecule has 5 aromatic rings. The van der Waals surface area contributed by atoms with Gasteiger partial charge in [-0.05, 0) is 99.9 Å². The Hall–Kier alpha value is -5.49. The Morgan fingerprint density at radius 1 is 0.910 bits per heavy atom. The molecule has 7 rings (SSSR count). The Balaban J connectivity index is 0.756. The number of aromatic nitrogens is 5. The number of amides is 2. The van der Waals surface area contributed by atoms with Gasteiger partial charge in [-0.1, -0.05) is 6.07 Å². The minimum atomic E-state index is -3.89. The number of sulfonamides is 1. The predicted octanol–water partition coefficient (Wildman–Crippen LogP) is 3.87. The first-order valence-corrected chi connectivity index (χ1v) is 23.7. The number of halogens is 2. The summed E-state index contributed by atoms with van der Waals surface area (Å²) in [6, 6.07) is 9.72. The molecule has 362 valence electrons. The smallest absolute Gasteiger partial charge is 0.329 e. The molecule has 3 aromatic heterocycles. The maximum Gasteiger partial charge on any atom is 0.329 e. The standard InChI is InChI=1S/C45H56F2N8O11S/c1-28-24-31(9-10-33(28)50-43-48-27-30-26-32(39(46)47)42(58)55(40(30)52-43)37-7-4-14-45(37,2)60)67(61,62)49-15-17-64-19-21-66-23-22-65-20-18-63-16-5-6-29-8-11-34-36(25-29)53(3)44(59)54(34)35-12-13-38(56)51-41(35)57/h8-11,24-27,35,37,39,49,60H,4-7,12-23H2,1-3H3,(H,48,50,52)(H,51,56,57)/t35?,37-,45-/m1/s1. The summed E-state index contributed by atoms with van der Waals surface area (Å²) in [5.74, 6) is -0.746. The van der Waals surface area contributed by atoms with E-state index in [1.807, 2.05) is 18.2 Å². The minimum absolute atomic E-state index is 0.0196. The van der Waals surface area contributed by atoms with Crippen molar-refractivity contribution in [3.05, 3.63) is 86.2 Å². The molecule has 2 amide bonds. The zero-order valence-corrected chi connectivity index (χ0v) is 38.4. The van der Waals surface area contributed by atoms with Crippen LogP contribution in [-0.4, -0.2) is 114 Å². The van der Waals surface area contributed by atoms with Gasteiger partial charge in [-0.3, -0.25) is 33.4 Å². The molecule has 1 aliphatic carbocycles. The van der Waals surface area contributed by atoms with Crippen molar-refractivity contribution in [1.82, 2.24) is 33.7 Å². The molecular formula is C45H56F2N8O11S. The molecular weight excluding hydrogens is 899 g/mol. The second-order valence-electron chi connectivity index (χ2n) is 16.9. The van der Waals surface area contributed by atoms with E-state index in [0.717, 1.165) is 29.0 Å². The topological polar surface area (TPSA) is 236 Å². The van der Waals surface area contributed by atoms with Crippen LogP contribution in [0.15, 0.2) is 63.1 Å². The van der Waals surface area contributed by atoms with Gasteiger partial charge in [-0.2, -0.15) is 4.98 Å². The Kier molecular flexibility index (Phi) is 16.0. The maximum absolute atomic E-state index is 13.8. The van der Waals surface area contributed by atoms with Crippen molar-refractivity contribution >= 4 is 55.5 Å². The lowest BCUT2D eigenvalue weighted by molar-refractivity contribution is -0.135. The lowest BCUT2D eigenvalue weighted by Gasteiger charge is -2.28. The van der Waals surface area contributed by atoms with Crippen LogP contribution in [0.4, 0.5) is 20.4 Å². The molecule has 1 unspecified atom stereocenters. The van der Waals surface area contributed by atoms with Crippen molar-refractivity contribution in [1.29, 1.82) is 0 Å². The van der Waals surface area contributed by atoms with E-state index in [2.05, 4.69) is 25.3 Å². The first-order chi connectivity index (χ1) is 32.1. The van der Waals surface area contributed by atoms with Crippen LogP contribution in [0.2, 0.25) is 0 Å². The number of ether oxygens (including phenoxy) is 4. The highest BCUT2D eigenvalue weighted by molar-refractivity contribution is 7.89. The molecule has 2 aliphatic rings. The van der Waals surface area contributed by atoms with Gasteiger partial charge in [0, 0.05) is 43.9 Å². The number of pyridine rings is 1. The van der Waals surface area contributed by atoms with Gasteiger partial charge in [0.2, 0.25) is 27.8 Å². The lowest BCUT2D eigenvalue weighted by atomic mass is 9.99. The first kappa shape index (κ1) is 49.4. The van der Waals surface area contributed by atoms with E-state index in [9.17, 15) is 41.5 Å². The third-order valence-electron chi connectivity index (χ3n) is 12.1. The highest BCUT2D eigenvalue weighted by atomic mass is 32.2. The number of hydrogen-bond acceptors (Lipinski definition) is 14. The summed E-state index contributed by atoms with van der Waals surface area (Å²) in [6.07, 6.45) is 1.67. The fourth-order valence-corrected chi connectivity index (χ4v) is 9.61. The van der Waals surface area contributed by atoms with Gasteiger partial charge >= 0.3 is 5.69 Å². The molecule has 0 bridgehead atoms. The third kappa shape index (κ3) is 11.6. The number of aryl methyl sites for hydroxylation is 3. The lowest BCUT2D eigenvalue weighted by Crippen LogP contribution is -2.44. The van der Waals surface area contributed by atoms with Crippen molar-refractivity contribution in [3.63, 3.8) is 0 Å². The SMILES string of the molecule is Cc1cc(S(=O)(=O)NCCOCCOCCOCCOCCCc2ccc3c(c2)n(C)c(=O)n3C2CCC(=O)NC2=O)ccc1Nc1ncc2cc(C(F)F)c(=O)n([C@@H]3CCC[C@@]3(C)O)c2n1. The first-order valence-electron chi connectivity index (χ1n) is 22.2. The Morgan fingerprint density at radius 3 is 2.27 bits per heavy atom. The molecule has 2 aromatic carbocycles. The Bertz CT molecular complexity index is 2830. The molecule has 0 radical (unpaired) electrons. The van der Waals surface area contributed by atoms with Crippen LogP contribution in [0.3, 0.4) is 0 Å². The quantitative estimate of drug-likeness (QED) is 0.0538. The van der Waals surface area contributed by atoms with Crippen molar-refractivity contribution in [2.45, 2.75) is 87.8 Å². The molecule has 22 heteroatoms. The average Bonchev–Trinajstić information content (AvgIpc) is 3.76. The normalized spacial score (nSPS) is 19.0. The van der Waals surface area contributed by atoms with Crippen LogP contribution >= 0.6 is 0 Å². The largest absolute Gasteiger partial charge is 0.388 e. The molecule has 1 aliphatic heterocycles. The number of carbonyl (C=O) groups is 2. The van der Waals surface area contributed by atoms with Gasteiger partial charge in [0.05, 0.1) is 79.4 Å². The number of nitrogens with zero attached hydrogens (tertiary/aromatic N) is 5. The number of rotatable bonds is 23. The zero-order chi connectivity index (χ0) is 47.9. The number of carbonyl (C=O) groups excluding carboxylic acids is 2. The van der Waals surface area contributed by atoms with Crippen LogP contribution in [0.5, 0.6) is 0 Å². The van der Waals surface area contributed by atoms with Gasteiger partial charge in [0.15, 0.2) is 0 Å². The van der Waals surface area contributed by atoms with E-state index in [1.54, 1.807) is 27.0 Å².